The van der Waals surface area contributed by atoms with Crippen molar-refractivity contribution in [3.8, 4) is 5.75 Å². The summed E-state index contributed by atoms with van der Waals surface area (Å²) in [6.45, 7) is 0.469. The molecule has 0 unspecified atom stereocenters. The summed E-state index contributed by atoms with van der Waals surface area (Å²) in [6.07, 6.45) is 4.91. The van der Waals surface area contributed by atoms with Crippen molar-refractivity contribution in [1.29, 1.82) is 0 Å². The van der Waals surface area contributed by atoms with Crippen LogP contribution in [0.15, 0.2) is 30.3 Å². The molecule has 0 atom stereocenters. The fraction of sp³-hybridized carbons (Fsp3) is 0.500. The van der Waals surface area contributed by atoms with Crippen molar-refractivity contribution in [3.05, 3.63) is 30.3 Å². The maximum Gasteiger partial charge on any atom is 0.413 e. The minimum Gasteiger partial charge on any atom is -0.410 e. The summed E-state index contributed by atoms with van der Waals surface area (Å²) in [6, 6.07) is 9.07. The molecule has 2 rings (SSSR count). The van der Waals surface area contributed by atoms with Crippen LogP contribution in [0, 0.1) is 0 Å². The van der Waals surface area contributed by atoms with E-state index in [4.69, 9.17) is 10.5 Å². The zero-order valence-corrected chi connectivity index (χ0v) is 10.5. The molecule has 1 saturated carbocycles. The molecule has 4 heteroatoms. The van der Waals surface area contributed by atoms with Crippen LogP contribution in [0.25, 0.3) is 0 Å². The molecule has 1 aromatic carbocycles. The first-order chi connectivity index (χ1) is 8.74. The van der Waals surface area contributed by atoms with Crippen molar-refractivity contribution in [3.63, 3.8) is 0 Å². The summed E-state index contributed by atoms with van der Waals surface area (Å²) in [5.74, 6) is 0.554. The van der Waals surface area contributed by atoms with E-state index in [-0.39, 0.29) is 5.54 Å². The fourth-order valence-corrected chi connectivity index (χ4v) is 2.45. The van der Waals surface area contributed by atoms with E-state index in [2.05, 4.69) is 5.32 Å². The highest BCUT2D eigenvalue weighted by Gasteiger charge is 2.32. The van der Waals surface area contributed by atoms with Gasteiger partial charge in [0.1, 0.15) is 5.75 Å². The number of benzene rings is 1. The number of nitrogens with two attached hydrogens (primary N) is 1. The molecule has 1 aliphatic carbocycles. The lowest BCUT2D eigenvalue weighted by Gasteiger charge is -2.36. The second kappa shape index (κ2) is 5.87. The van der Waals surface area contributed by atoms with Crippen LogP contribution >= 0.6 is 0 Å². The Morgan fingerprint density at radius 1 is 1.22 bits per heavy atom. The van der Waals surface area contributed by atoms with Crippen molar-refractivity contribution in [2.45, 2.75) is 37.6 Å². The number of rotatable bonds is 3. The summed E-state index contributed by atoms with van der Waals surface area (Å²) in [5.41, 5.74) is 5.54. The van der Waals surface area contributed by atoms with E-state index in [1.54, 1.807) is 12.1 Å². The molecule has 0 radical (unpaired) electrons. The number of para-hydroxylation sites is 1. The maximum absolute atomic E-state index is 11.9. The molecule has 0 aliphatic heterocycles. The molecule has 1 aliphatic rings. The van der Waals surface area contributed by atoms with E-state index in [9.17, 15) is 4.79 Å². The third-order valence-electron chi connectivity index (χ3n) is 3.52. The Labute approximate surface area is 108 Å². The summed E-state index contributed by atoms with van der Waals surface area (Å²) >= 11 is 0. The predicted octanol–water partition coefficient (Wildman–Crippen LogP) is 2.44. The van der Waals surface area contributed by atoms with Crippen LogP contribution in [0.3, 0.4) is 0 Å². The first-order valence-electron chi connectivity index (χ1n) is 6.49. The first kappa shape index (κ1) is 12.9. The molecule has 1 fully saturated rings. The topological polar surface area (TPSA) is 64.3 Å². The molecule has 0 aromatic heterocycles. The normalized spacial score (nSPS) is 18.1. The third-order valence-corrected chi connectivity index (χ3v) is 3.52. The van der Waals surface area contributed by atoms with Gasteiger partial charge in [-0.25, -0.2) is 4.79 Å². The minimum atomic E-state index is -0.409. The van der Waals surface area contributed by atoms with Gasteiger partial charge in [0.05, 0.1) is 5.54 Å². The average molecular weight is 248 g/mol. The molecule has 0 spiro atoms. The Hall–Kier alpha value is -1.55. The Bertz CT molecular complexity index is 386. The highest BCUT2D eigenvalue weighted by molar-refractivity contribution is 5.71. The second-order valence-corrected chi connectivity index (χ2v) is 4.87. The lowest BCUT2D eigenvalue weighted by atomic mass is 9.82. The third kappa shape index (κ3) is 3.23. The van der Waals surface area contributed by atoms with Crippen molar-refractivity contribution in [2.75, 3.05) is 6.54 Å². The first-order valence-corrected chi connectivity index (χ1v) is 6.49. The predicted molar refractivity (Wildman–Crippen MR) is 70.5 cm³/mol. The van der Waals surface area contributed by atoms with Gasteiger partial charge in [-0.3, -0.25) is 0 Å². The molecule has 0 saturated heterocycles. The van der Waals surface area contributed by atoms with Gasteiger partial charge in [-0.15, -0.1) is 0 Å². The molecule has 1 aromatic rings. The smallest absolute Gasteiger partial charge is 0.410 e. The number of amides is 1. The van der Waals surface area contributed by atoms with Crippen LogP contribution < -0.4 is 15.8 Å². The Morgan fingerprint density at radius 2 is 1.89 bits per heavy atom. The number of ether oxygens (including phenoxy) is 1. The zero-order chi connectivity index (χ0) is 12.8. The zero-order valence-electron chi connectivity index (χ0n) is 10.5. The number of carbonyl (C=O) groups is 1. The van der Waals surface area contributed by atoms with E-state index in [1.165, 1.54) is 6.42 Å². The quantitative estimate of drug-likeness (QED) is 0.863. The summed E-state index contributed by atoms with van der Waals surface area (Å²) in [4.78, 5) is 11.9. The average Bonchev–Trinajstić information content (AvgIpc) is 2.41. The Balaban J connectivity index is 1.93. The molecule has 0 heterocycles. The van der Waals surface area contributed by atoms with E-state index >= 15 is 0 Å². The van der Waals surface area contributed by atoms with Crippen molar-refractivity contribution >= 4 is 6.09 Å². The fourth-order valence-electron chi connectivity index (χ4n) is 2.45. The maximum atomic E-state index is 11.9. The molecule has 18 heavy (non-hydrogen) atoms. The van der Waals surface area contributed by atoms with Crippen LogP contribution in [0.2, 0.25) is 0 Å². The lowest BCUT2D eigenvalue weighted by Crippen LogP contribution is -2.55. The van der Waals surface area contributed by atoms with Crippen molar-refractivity contribution in [2.24, 2.45) is 5.73 Å². The molecular weight excluding hydrogens is 228 g/mol. The summed E-state index contributed by atoms with van der Waals surface area (Å²) in [7, 11) is 0. The summed E-state index contributed by atoms with van der Waals surface area (Å²) in [5, 5.41) is 2.94. The van der Waals surface area contributed by atoms with Gasteiger partial charge in [0, 0.05) is 6.54 Å². The molecule has 0 bridgehead atoms. The van der Waals surface area contributed by atoms with Gasteiger partial charge < -0.3 is 15.8 Å². The minimum absolute atomic E-state index is 0.274. The molecule has 3 N–H and O–H groups in total. The highest BCUT2D eigenvalue weighted by Crippen LogP contribution is 2.27. The number of nitrogens with one attached hydrogen (secondary N) is 1. The van der Waals surface area contributed by atoms with Crippen molar-refractivity contribution in [1.82, 2.24) is 5.32 Å². The van der Waals surface area contributed by atoms with Crippen LogP contribution in [0.1, 0.15) is 32.1 Å². The van der Waals surface area contributed by atoms with Crippen LogP contribution in [-0.2, 0) is 0 Å². The second-order valence-electron chi connectivity index (χ2n) is 4.87. The van der Waals surface area contributed by atoms with Gasteiger partial charge in [0.2, 0.25) is 0 Å². The molecule has 98 valence electrons. The van der Waals surface area contributed by atoms with Crippen molar-refractivity contribution < 1.29 is 9.53 Å². The number of hydrogen-bond acceptors (Lipinski definition) is 3. The van der Waals surface area contributed by atoms with E-state index in [0.29, 0.717) is 12.3 Å². The van der Waals surface area contributed by atoms with Gasteiger partial charge in [0.15, 0.2) is 0 Å². The van der Waals surface area contributed by atoms with E-state index < -0.39 is 6.09 Å². The molecular formula is C14H20N2O2. The summed E-state index contributed by atoms with van der Waals surface area (Å²) < 4.78 is 5.24. The van der Waals surface area contributed by atoms with Gasteiger partial charge in [-0.1, -0.05) is 37.5 Å². The lowest BCUT2D eigenvalue weighted by molar-refractivity contribution is 0.170. The molecule has 1 amide bonds. The van der Waals surface area contributed by atoms with Gasteiger partial charge in [-0.2, -0.15) is 0 Å². The largest absolute Gasteiger partial charge is 0.413 e. The van der Waals surface area contributed by atoms with Crippen LogP contribution in [0.4, 0.5) is 4.79 Å². The van der Waals surface area contributed by atoms with Crippen LogP contribution in [0.5, 0.6) is 5.75 Å². The van der Waals surface area contributed by atoms with Gasteiger partial charge >= 0.3 is 6.09 Å². The number of hydrogen-bond donors (Lipinski definition) is 2. The Morgan fingerprint density at radius 3 is 2.50 bits per heavy atom. The monoisotopic (exact) mass is 248 g/mol. The molecule has 4 nitrogen and oxygen atoms in total. The van der Waals surface area contributed by atoms with E-state index in [0.717, 1.165) is 25.7 Å². The number of carbonyl (C=O) groups excluding carboxylic acids is 1. The standard InChI is InChI=1S/C14H20N2O2/c15-11-14(9-5-2-6-10-14)16-13(17)18-12-7-3-1-4-8-12/h1,3-4,7-8H,2,5-6,9-11,15H2,(H,16,17). The Kier molecular flexibility index (Phi) is 4.20. The SMILES string of the molecule is NCC1(NC(=O)Oc2ccccc2)CCCCC1. The van der Waals surface area contributed by atoms with Crippen LogP contribution in [-0.4, -0.2) is 18.2 Å². The highest BCUT2D eigenvalue weighted by atomic mass is 16.6. The van der Waals surface area contributed by atoms with E-state index in [1.807, 2.05) is 18.2 Å². The van der Waals surface area contributed by atoms with Gasteiger partial charge in [-0.05, 0) is 25.0 Å². The van der Waals surface area contributed by atoms with Gasteiger partial charge in [0.25, 0.3) is 0 Å².